The summed E-state index contributed by atoms with van der Waals surface area (Å²) in [5.41, 5.74) is -0.354. The van der Waals surface area contributed by atoms with Crippen LogP contribution in [0.1, 0.15) is 25.7 Å². The van der Waals surface area contributed by atoms with Gasteiger partial charge in [0.15, 0.2) is 5.03 Å². The van der Waals surface area contributed by atoms with Crippen LogP contribution >= 0.6 is 27.3 Å². The van der Waals surface area contributed by atoms with Crippen LogP contribution in [0, 0.1) is 0 Å². The van der Waals surface area contributed by atoms with Gasteiger partial charge >= 0.3 is 5.97 Å². The van der Waals surface area contributed by atoms with Crippen molar-refractivity contribution < 1.29 is 17.9 Å². The fourth-order valence-corrected chi connectivity index (χ4v) is 5.72. The lowest BCUT2D eigenvalue weighted by atomic mass is 10.00. The Balaban J connectivity index is 1.88. The van der Waals surface area contributed by atoms with Gasteiger partial charge in [-0.15, -0.1) is 11.3 Å². The molecule has 0 spiro atoms. The van der Waals surface area contributed by atoms with Crippen LogP contribution in [0.3, 0.4) is 0 Å². The SMILES string of the molecule is COC(=O)C1(NS(=O)(=O)c2csc(-c3ccc(Br)cc3)n2)CCCC1. The van der Waals surface area contributed by atoms with Crippen LogP contribution in [0.4, 0.5) is 0 Å². The molecule has 0 unspecified atom stereocenters. The molecule has 1 fully saturated rings. The normalized spacial score (nSPS) is 16.7. The highest BCUT2D eigenvalue weighted by atomic mass is 79.9. The van der Waals surface area contributed by atoms with Gasteiger partial charge in [-0.05, 0) is 25.0 Å². The van der Waals surface area contributed by atoms with Crippen molar-refractivity contribution in [2.24, 2.45) is 0 Å². The topological polar surface area (TPSA) is 85.4 Å². The first kappa shape index (κ1) is 18.5. The van der Waals surface area contributed by atoms with Crippen molar-refractivity contribution in [2.45, 2.75) is 36.2 Å². The van der Waals surface area contributed by atoms with E-state index in [2.05, 4.69) is 25.6 Å². The lowest BCUT2D eigenvalue weighted by Gasteiger charge is -2.26. The molecule has 0 radical (unpaired) electrons. The number of hydrogen-bond donors (Lipinski definition) is 1. The summed E-state index contributed by atoms with van der Waals surface area (Å²) in [6.45, 7) is 0. The number of sulfonamides is 1. The standard InChI is InChI=1S/C16H17BrN2O4S2/c1-23-15(20)16(8-2-3-9-16)19-25(21,22)13-10-24-14(18-13)11-4-6-12(17)7-5-11/h4-7,10,19H,2-3,8-9H2,1H3. The van der Waals surface area contributed by atoms with Crippen molar-refractivity contribution >= 4 is 43.3 Å². The maximum absolute atomic E-state index is 12.7. The van der Waals surface area contributed by atoms with Gasteiger partial charge in [-0.25, -0.2) is 13.4 Å². The van der Waals surface area contributed by atoms with Crippen LogP contribution in [0.15, 0.2) is 39.1 Å². The third kappa shape index (κ3) is 3.79. The van der Waals surface area contributed by atoms with Crippen LogP contribution in [0.2, 0.25) is 0 Å². The van der Waals surface area contributed by atoms with E-state index in [1.54, 1.807) is 0 Å². The summed E-state index contributed by atoms with van der Waals surface area (Å²) < 4.78 is 33.8. The maximum atomic E-state index is 12.7. The van der Waals surface area contributed by atoms with Gasteiger partial charge in [-0.2, -0.15) is 4.72 Å². The van der Waals surface area contributed by atoms with Crippen molar-refractivity contribution in [2.75, 3.05) is 7.11 Å². The highest BCUT2D eigenvalue weighted by molar-refractivity contribution is 9.10. The second-order valence-electron chi connectivity index (χ2n) is 5.88. The summed E-state index contributed by atoms with van der Waals surface area (Å²) >= 11 is 4.61. The monoisotopic (exact) mass is 444 g/mol. The number of thiazole rings is 1. The number of benzene rings is 1. The molecule has 1 aliphatic rings. The molecular formula is C16H17BrN2O4S2. The molecule has 1 aromatic heterocycles. The molecule has 2 aromatic rings. The fourth-order valence-electron chi connectivity index (χ4n) is 2.94. The van der Waals surface area contributed by atoms with Crippen LogP contribution in [-0.4, -0.2) is 32.0 Å². The number of hydrogen-bond acceptors (Lipinski definition) is 6. The van der Waals surface area contributed by atoms with Gasteiger partial charge in [0.2, 0.25) is 0 Å². The van der Waals surface area contributed by atoms with E-state index in [4.69, 9.17) is 4.74 Å². The Hall–Kier alpha value is -1.29. The van der Waals surface area contributed by atoms with Crippen LogP contribution in [0.25, 0.3) is 10.6 Å². The highest BCUT2D eigenvalue weighted by Crippen LogP contribution is 2.33. The molecule has 0 aliphatic heterocycles. The number of carbonyl (C=O) groups is 1. The molecule has 0 bridgehead atoms. The second kappa shape index (κ2) is 7.14. The summed E-state index contributed by atoms with van der Waals surface area (Å²) in [6.07, 6.45) is 2.42. The van der Waals surface area contributed by atoms with Crippen LogP contribution < -0.4 is 4.72 Å². The Bertz CT molecular complexity index is 872. The molecule has 1 heterocycles. The molecule has 1 aromatic carbocycles. The predicted octanol–water partition coefficient (Wildman–Crippen LogP) is 3.34. The number of aromatic nitrogens is 1. The molecule has 25 heavy (non-hydrogen) atoms. The van der Waals surface area contributed by atoms with Gasteiger partial charge in [0, 0.05) is 15.4 Å². The van der Waals surface area contributed by atoms with Gasteiger partial charge in [-0.1, -0.05) is 40.9 Å². The molecular weight excluding hydrogens is 428 g/mol. The van der Waals surface area contributed by atoms with E-state index in [-0.39, 0.29) is 5.03 Å². The van der Waals surface area contributed by atoms with E-state index in [1.165, 1.54) is 23.8 Å². The smallest absolute Gasteiger partial charge is 0.327 e. The number of rotatable bonds is 5. The van der Waals surface area contributed by atoms with Crippen molar-refractivity contribution in [1.82, 2.24) is 9.71 Å². The Kier molecular flexibility index (Phi) is 5.29. The van der Waals surface area contributed by atoms with E-state index < -0.39 is 21.5 Å². The summed E-state index contributed by atoms with van der Waals surface area (Å²) in [4.78, 5) is 16.4. The minimum Gasteiger partial charge on any atom is -0.468 e. The van der Waals surface area contributed by atoms with Gasteiger partial charge in [0.05, 0.1) is 7.11 Å². The fraction of sp³-hybridized carbons (Fsp3) is 0.375. The third-order valence-corrected chi connectivity index (χ3v) is 7.20. The molecule has 9 heteroatoms. The van der Waals surface area contributed by atoms with Crippen LogP contribution in [-0.2, 0) is 19.6 Å². The van der Waals surface area contributed by atoms with Gasteiger partial charge in [0.1, 0.15) is 10.5 Å². The molecule has 1 aliphatic carbocycles. The zero-order valence-electron chi connectivity index (χ0n) is 13.5. The Morgan fingerprint density at radius 1 is 1.28 bits per heavy atom. The number of nitrogens with one attached hydrogen (secondary N) is 1. The number of methoxy groups -OCH3 is 1. The largest absolute Gasteiger partial charge is 0.468 e. The molecule has 0 amide bonds. The predicted molar refractivity (Wildman–Crippen MR) is 98.8 cm³/mol. The highest BCUT2D eigenvalue weighted by Gasteiger charge is 2.46. The number of carbonyl (C=O) groups excluding carboxylic acids is 1. The number of ether oxygens (including phenoxy) is 1. The lowest BCUT2D eigenvalue weighted by Crippen LogP contribution is -2.53. The second-order valence-corrected chi connectivity index (χ2v) is 9.29. The average molecular weight is 445 g/mol. The van der Waals surface area contributed by atoms with E-state index in [0.29, 0.717) is 17.8 Å². The Morgan fingerprint density at radius 2 is 1.92 bits per heavy atom. The molecule has 0 atom stereocenters. The Morgan fingerprint density at radius 3 is 2.52 bits per heavy atom. The summed E-state index contributed by atoms with van der Waals surface area (Å²) in [5.74, 6) is -0.545. The number of esters is 1. The van der Waals surface area contributed by atoms with Gasteiger partial charge < -0.3 is 4.74 Å². The summed E-state index contributed by atoms with van der Waals surface area (Å²) in [5, 5.41) is 2.01. The van der Waals surface area contributed by atoms with Gasteiger partial charge in [0.25, 0.3) is 10.0 Å². The van der Waals surface area contributed by atoms with Crippen molar-refractivity contribution in [3.8, 4) is 10.6 Å². The summed E-state index contributed by atoms with van der Waals surface area (Å²) in [7, 11) is -2.64. The van der Waals surface area contributed by atoms with Crippen molar-refractivity contribution in [1.29, 1.82) is 0 Å². The van der Waals surface area contributed by atoms with E-state index in [9.17, 15) is 13.2 Å². The minimum absolute atomic E-state index is 0.0782. The minimum atomic E-state index is -3.91. The first-order chi connectivity index (χ1) is 11.9. The van der Waals surface area contributed by atoms with E-state index >= 15 is 0 Å². The molecule has 134 valence electrons. The zero-order chi connectivity index (χ0) is 18.1. The Labute approximate surface area is 158 Å². The molecule has 0 saturated heterocycles. The van der Waals surface area contributed by atoms with E-state index in [1.807, 2.05) is 24.3 Å². The van der Waals surface area contributed by atoms with Crippen LogP contribution in [0.5, 0.6) is 0 Å². The molecule has 6 nitrogen and oxygen atoms in total. The molecule has 1 N–H and O–H groups in total. The zero-order valence-corrected chi connectivity index (χ0v) is 16.7. The molecule has 1 saturated carbocycles. The van der Waals surface area contributed by atoms with Crippen molar-refractivity contribution in [3.05, 3.63) is 34.1 Å². The lowest BCUT2D eigenvalue weighted by molar-refractivity contribution is -0.147. The first-order valence-corrected chi connectivity index (χ1v) is 10.9. The molecule has 3 rings (SSSR count). The van der Waals surface area contributed by atoms with Crippen molar-refractivity contribution in [3.63, 3.8) is 0 Å². The summed E-state index contributed by atoms with van der Waals surface area (Å²) in [6, 6.07) is 7.46. The average Bonchev–Trinajstić information content (AvgIpc) is 3.25. The van der Waals surface area contributed by atoms with E-state index in [0.717, 1.165) is 22.9 Å². The maximum Gasteiger partial charge on any atom is 0.327 e. The van der Waals surface area contributed by atoms with Gasteiger partial charge in [-0.3, -0.25) is 4.79 Å². The number of halogens is 1. The quantitative estimate of drug-likeness (QED) is 0.714. The first-order valence-electron chi connectivity index (χ1n) is 7.70. The third-order valence-electron chi connectivity index (χ3n) is 4.21. The number of nitrogens with zero attached hydrogens (tertiary/aromatic N) is 1.